The van der Waals surface area contributed by atoms with Gasteiger partial charge in [0.05, 0.1) is 5.56 Å². The van der Waals surface area contributed by atoms with Crippen LogP contribution in [0.1, 0.15) is 42.6 Å². The van der Waals surface area contributed by atoms with Crippen LogP contribution in [-0.2, 0) is 0 Å². The lowest BCUT2D eigenvalue weighted by Crippen LogP contribution is -2.45. The van der Waals surface area contributed by atoms with E-state index in [0.29, 0.717) is 5.56 Å². The molecule has 2 nitrogen and oxygen atoms in total. The lowest BCUT2D eigenvalue weighted by molar-refractivity contribution is 0.0901. The summed E-state index contributed by atoms with van der Waals surface area (Å²) in [4.78, 5) is 12.3. The quantitative estimate of drug-likeness (QED) is 0.756. The number of hydrogen-bond acceptors (Lipinski definition) is 1. The summed E-state index contributed by atoms with van der Waals surface area (Å²) in [6, 6.07) is 5.77. The number of amides is 1. The number of hydrogen-bond donors (Lipinski definition) is 1. The molecule has 1 unspecified atom stereocenters. The first-order valence-corrected chi connectivity index (χ1v) is 7.98. The Morgan fingerprint density at radius 3 is 2.61 bits per heavy atom. The van der Waals surface area contributed by atoms with Crippen molar-refractivity contribution in [3.63, 3.8) is 0 Å². The summed E-state index contributed by atoms with van der Waals surface area (Å²) in [5, 5.41) is 4.00. The van der Waals surface area contributed by atoms with Crippen LogP contribution in [-0.4, -0.2) is 16.8 Å². The molecule has 0 aromatic heterocycles. The Labute approximate surface area is 126 Å². The Bertz CT molecular complexity index is 434. The third-order valence-electron chi connectivity index (χ3n) is 3.21. The van der Waals surface area contributed by atoms with Gasteiger partial charge in [-0.15, -0.1) is 0 Å². The molecule has 0 bridgehead atoms. The molecule has 0 fully saturated rings. The van der Waals surface area contributed by atoms with Gasteiger partial charge in [0.2, 0.25) is 0 Å². The van der Waals surface area contributed by atoms with Gasteiger partial charge in [-0.25, -0.2) is 0 Å². The van der Waals surface area contributed by atoms with Crippen molar-refractivity contribution in [2.24, 2.45) is 0 Å². The molecule has 0 spiro atoms. The van der Waals surface area contributed by atoms with E-state index < -0.39 is 0 Å². The normalized spacial score (nSPS) is 14.1. The number of carbonyl (C=O) groups is 1. The van der Waals surface area contributed by atoms with Gasteiger partial charge < -0.3 is 5.32 Å². The molecule has 1 rings (SSSR count). The van der Waals surface area contributed by atoms with Gasteiger partial charge in [0.25, 0.3) is 5.91 Å². The summed E-state index contributed by atoms with van der Waals surface area (Å²) in [5.41, 5.74) is 1.66. The summed E-state index contributed by atoms with van der Waals surface area (Å²) in [6.07, 6.45) is 1.83. The predicted molar refractivity (Wildman–Crippen MR) is 83.5 cm³/mol. The molecule has 0 heterocycles. The van der Waals surface area contributed by atoms with Crippen LogP contribution in [0.25, 0.3) is 0 Å². The van der Waals surface area contributed by atoms with E-state index >= 15 is 0 Å². The van der Waals surface area contributed by atoms with Crippen LogP contribution in [0.15, 0.2) is 22.7 Å². The van der Waals surface area contributed by atoms with Crippen molar-refractivity contribution in [3.8, 4) is 0 Å². The Morgan fingerprint density at radius 2 is 2.11 bits per heavy atom. The van der Waals surface area contributed by atoms with Crippen LogP contribution in [0.2, 0.25) is 0 Å². The van der Waals surface area contributed by atoms with E-state index in [1.807, 2.05) is 25.1 Å². The number of alkyl halides is 1. The smallest absolute Gasteiger partial charge is 0.252 e. The summed E-state index contributed by atoms with van der Waals surface area (Å²) in [7, 11) is 0. The van der Waals surface area contributed by atoms with Crippen molar-refractivity contribution in [2.75, 3.05) is 5.33 Å². The molecular formula is C14H19Br2NO. The van der Waals surface area contributed by atoms with Crippen LogP contribution in [0, 0.1) is 6.92 Å². The van der Waals surface area contributed by atoms with E-state index in [4.69, 9.17) is 0 Å². The molecule has 1 N–H and O–H groups in total. The minimum atomic E-state index is -0.162. The highest BCUT2D eigenvalue weighted by Crippen LogP contribution is 2.21. The number of aryl methyl sites for hydroxylation is 1. The lowest BCUT2D eigenvalue weighted by atomic mass is 9.95. The number of carbonyl (C=O) groups excluding carboxylic acids is 1. The Morgan fingerprint density at radius 1 is 1.44 bits per heavy atom. The van der Waals surface area contributed by atoms with Gasteiger partial charge in [-0.1, -0.05) is 28.9 Å². The molecule has 0 aliphatic heterocycles. The van der Waals surface area contributed by atoms with Gasteiger partial charge in [0.15, 0.2) is 0 Å². The van der Waals surface area contributed by atoms with E-state index in [1.165, 1.54) is 0 Å². The van der Waals surface area contributed by atoms with Gasteiger partial charge in [-0.05, 0) is 60.3 Å². The fourth-order valence-electron chi connectivity index (χ4n) is 1.68. The minimum Gasteiger partial charge on any atom is -0.347 e. The molecule has 4 heteroatoms. The molecule has 18 heavy (non-hydrogen) atoms. The summed E-state index contributed by atoms with van der Waals surface area (Å²) in [5.74, 6) is -0.0211. The molecule has 0 aliphatic rings. The van der Waals surface area contributed by atoms with E-state index in [0.717, 1.165) is 28.2 Å². The second-order valence-corrected chi connectivity index (χ2v) is 6.44. The maximum absolute atomic E-state index is 12.3. The van der Waals surface area contributed by atoms with Gasteiger partial charge >= 0.3 is 0 Å². The Kier molecular flexibility index (Phi) is 5.86. The minimum absolute atomic E-state index is 0.0211. The zero-order valence-corrected chi connectivity index (χ0v) is 14.2. The molecule has 0 saturated carbocycles. The highest BCUT2D eigenvalue weighted by molar-refractivity contribution is 9.10. The number of benzene rings is 1. The van der Waals surface area contributed by atoms with E-state index in [2.05, 4.69) is 51.0 Å². The fourth-order valence-corrected chi connectivity index (χ4v) is 3.23. The monoisotopic (exact) mass is 375 g/mol. The molecule has 0 saturated heterocycles. The highest BCUT2D eigenvalue weighted by Gasteiger charge is 2.24. The molecule has 1 aromatic rings. The van der Waals surface area contributed by atoms with Crippen molar-refractivity contribution >= 4 is 37.8 Å². The SMILES string of the molecule is CCC(C)(CCBr)NC(=O)c1ccc(C)cc1Br. The molecule has 0 radical (unpaired) electrons. The predicted octanol–water partition coefficient (Wildman–Crippen LogP) is 4.44. The van der Waals surface area contributed by atoms with Crippen LogP contribution in [0.4, 0.5) is 0 Å². The molecule has 1 atom stereocenters. The van der Waals surface area contributed by atoms with E-state index in [9.17, 15) is 4.79 Å². The van der Waals surface area contributed by atoms with Crippen LogP contribution in [0.3, 0.4) is 0 Å². The first-order valence-electron chi connectivity index (χ1n) is 6.06. The second kappa shape index (κ2) is 6.71. The van der Waals surface area contributed by atoms with Crippen molar-refractivity contribution in [1.29, 1.82) is 0 Å². The average molecular weight is 377 g/mol. The first kappa shape index (κ1) is 15.7. The first-order chi connectivity index (χ1) is 8.41. The summed E-state index contributed by atoms with van der Waals surface area (Å²) >= 11 is 6.88. The third-order valence-corrected chi connectivity index (χ3v) is 4.26. The average Bonchev–Trinajstić information content (AvgIpc) is 2.28. The van der Waals surface area contributed by atoms with E-state index in [1.54, 1.807) is 0 Å². The van der Waals surface area contributed by atoms with Crippen molar-refractivity contribution in [2.45, 2.75) is 39.2 Å². The van der Waals surface area contributed by atoms with Gasteiger partial charge in [-0.2, -0.15) is 0 Å². The van der Waals surface area contributed by atoms with Crippen LogP contribution < -0.4 is 5.32 Å². The summed E-state index contributed by atoms with van der Waals surface area (Å²) in [6.45, 7) is 6.18. The zero-order valence-electron chi connectivity index (χ0n) is 11.0. The maximum Gasteiger partial charge on any atom is 0.252 e. The zero-order chi connectivity index (χ0) is 13.8. The fraction of sp³-hybridized carbons (Fsp3) is 0.500. The van der Waals surface area contributed by atoms with Crippen LogP contribution in [0.5, 0.6) is 0 Å². The Hall–Kier alpha value is -0.350. The number of rotatable bonds is 5. The highest BCUT2D eigenvalue weighted by atomic mass is 79.9. The van der Waals surface area contributed by atoms with Crippen molar-refractivity contribution in [3.05, 3.63) is 33.8 Å². The molecule has 1 amide bonds. The van der Waals surface area contributed by atoms with Crippen LogP contribution >= 0.6 is 31.9 Å². The molecular weight excluding hydrogens is 358 g/mol. The van der Waals surface area contributed by atoms with Gasteiger partial charge in [0.1, 0.15) is 0 Å². The molecule has 0 aliphatic carbocycles. The molecule has 100 valence electrons. The largest absolute Gasteiger partial charge is 0.347 e. The number of halogens is 2. The second-order valence-electron chi connectivity index (χ2n) is 4.79. The van der Waals surface area contributed by atoms with Gasteiger partial charge in [0, 0.05) is 15.3 Å². The van der Waals surface area contributed by atoms with Gasteiger partial charge in [-0.3, -0.25) is 4.79 Å². The standard InChI is InChI=1S/C14H19Br2NO/c1-4-14(3,7-8-15)17-13(18)11-6-5-10(2)9-12(11)16/h5-6,9H,4,7-8H2,1-3H3,(H,17,18). The van der Waals surface area contributed by atoms with E-state index in [-0.39, 0.29) is 11.4 Å². The summed E-state index contributed by atoms with van der Waals surface area (Å²) < 4.78 is 0.845. The third kappa shape index (κ3) is 4.09. The van der Waals surface area contributed by atoms with Crippen molar-refractivity contribution < 1.29 is 4.79 Å². The maximum atomic E-state index is 12.3. The lowest BCUT2D eigenvalue weighted by Gasteiger charge is -2.29. The van der Waals surface area contributed by atoms with Crippen molar-refractivity contribution in [1.82, 2.24) is 5.32 Å². The molecule has 1 aromatic carbocycles. The number of nitrogens with one attached hydrogen (secondary N) is 1. The topological polar surface area (TPSA) is 29.1 Å². The Balaban J connectivity index is 2.87.